The van der Waals surface area contributed by atoms with Gasteiger partial charge in [-0.2, -0.15) is 10.2 Å². The largest absolute Gasteiger partial charge is 0.308 e. The van der Waals surface area contributed by atoms with Crippen LogP contribution in [0.4, 0.5) is 0 Å². The highest BCUT2D eigenvalue weighted by molar-refractivity contribution is 6.28. The molecule has 0 saturated heterocycles. The standard InChI is InChI=1S/C23H21ClN8/c1-3-7-19-26-20-14(2)25-23(24)27-22(20)32(19)13-15-10-11-17(16-8-5-4-6-9-16)18(12-15)21-28-30-31-29-21/h4-6,8-12H,3,7,13H2,1-2H3,(H,28,29,30,31). The van der Waals surface area contributed by atoms with Crippen LogP contribution in [0.1, 0.15) is 30.4 Å². The Morgan fingerprint density at radius 2 is 1.84 bits per heavy atom. The van der Waals surface area contributed by atoms with E-state index < -0.39 is 0 Å². The van der Waals surface area contributed by atoms with E-state index in [0.717, 1.165) is 57.8 Å². The summed E-state index contributed by atoms with van der Waals surface area (Å²) in [5.41, 5.74) is 6.44. The summed E-state index contributed by atoms with van der Waals surface area (Å²) < 4.78 is 2.12. The molecule has 0 aliphatic rings. The van der Waals surface area contributed by atoms with Crippen LogP contribution in [0, 0.1) is 6.92 Å². The second kappa shape index (κ2) is 8.47. The number of hydrogen-bond donors (Lipinski definition) is 1. The van der Waals surface area contributed by atoms with Crippen LogP contribution in [0.15, 0.2) is 48.5 Å². The van der Waals surface area contributed by atoms with E-state index in [1.165, 1.54) is 0 Å². The number of H-pyrrole nitrogens is 1. The lowest BCUT2D eigenvalue weighted by Gasteiger charge is -2.12. The van der Waals surface area contributed by atoms with Gasteiger partial charge in [0.1, 0.15) is 11.3 Å². The van der Waals surface area contributed by atoms with Crippen molar-refractivity contribution in [3.63, 3.8) is 0 Å². The monoisotopic (exact) mass is 444 g/mol. The van der Waals surface area contributed by atoms with Gasteiger partial charge in [-0.25, -0.2) is 9.97 Å². The first-order valence-corrected chi connectivity index (χ1v) is 10.8. The fourth-order valence-corrected chi connectivity index (χ4v) is 4.14. The van der Waals surface area contributed by atoms with Gasteiger partial charge in [0.2, 0.25) is 11.1 Å². The number of nitrogens with zero attached hydrogens (tertiary/aromatic N) is 7. The van der Waals surface area contributed by atoms with Gasteiger partial charge in [0.05, 0.1) is 12.2 Å². The summed E-state index contributed by atoms with van der Waals surface area (Å²) in [6.07, 6.45) is 1.82. The molecule has 32 heavy (non-hydrogen) atoms. The number of aromatic amines is 1. The smallest absolute Gasteiger partial charge is 0.224 e. The van der Waals surface area contributed by atoms with Crippen molar-refractivity contribution >= 4 is 22.8 Å². The number of fused-ring (bicyclic) bond motifs is 1. The van der Waals surface area contributed by atoms with Crippen molar-refractivity contribution in [3.05, 3.63) is 70.9 Å². The Labute approximate surface area is 189 Å². The predicted octanol–water partition coefficient (Wildman–Crippen LogP) is 4.64. The number of tetrazole rings is 1. The molecule has 0 aliphatic heterocycles. The average Bonchev–Trinajstić information content (AvgIpc) is 3.44. The summed E-state index contributed by atoms with van der Waals surface area (Å²) in [6.45, 7) is 4.64. The van der Waals surface area contributed by atoms with E-state index in [2.05, 4.69) is 72.4 Å². The van der Waals surface area contributed by atoms with Crippen molar-refractivity contribution in [1.29, 1.82) is 0 Å². The van der Waals surface area contributed by atoms with Crippen LogP contribution in [0.3, 0.4) is 0 Å². The maximum absolute atomic E-state index is 6.18. The van der Waals surface area contributed by atoms with Gasteiger partial charge in [0.25, 0.3) is 0 Å². The Hall–Kier alpha value is -3.65. The zero-order valence-electron chi connectivity index (χ0n) is 17.7. The minimum atomic E-state index is 0.228. The SMILES string of the molecule is CCCc1nc2c(C)nc(Cl)nc2n1Cc1ccc(-c2ccccc2)c(-c2nn[nH]n2)c1. The quantitative estimate of drug-likeness (QED) is 0.383. The molecule has 2 aromatic carbocycles. The number of aryl methyl sites for hydroxylation is 2. The summed E-state index contributed by atoms with van der Waals surface area (Å²) in [4.78, 5) is 13.6. The van der Waals surface area contributed by atoms with Crippen LogP contribution in [-0.2, 0) is 13.0 Å². The molecule has 0 unspecified atom stereocenters. The summed E-state index contributed by atoms with van der Waals surface area (Å²) in [6, 6.07) is 16.5. The topological polar surface area (TPSA) is 98.1 Å². The summed E-state index contributed by atoms with van der Waals surface area (Å²) >= 11 is 6.18. The van der Waals surface area contributed by atoms with Crippen LogP contribution in [-0.4, -0.2) is 40.1 Å². The van der Waals surface area contributed by atoms with Crippen molar-refractivity contribution in [2.45, 2.75) is 33.2 Å². The molecule has 160 valence electrons. The Morgan fingerprint density at radius 1 is 1.00 bits per heavy atom. The number of halogens is 1. The second-order valence-corrected chi connectivity index (χ2v) is 7.93. The maximum atomic E-state index is 6.18. The Bertz CT molecular complexity index is 1380. The molecule has 0 bridgehead atoms. The van der Waals surface area contributed by atoms with E-state index in [1.807, 2.05) is 25.1 Å². The number of rotatable bonds is 6. The van der Waals surface area contributed by atoms with E-state index in [-0.39, 0.29) is 5.28 Å². The third kappa shape index (κ3) is 3.73. The van der Waals surface area contributed by atoms with Crippen LogP contribution in [0.2, 0.25) is 5.28 Å². The maximum Gasteiger partial charge on any atom is 0.224 e. The van der Waals surface area contributed by atoms with Gasteiger partial charge in [-0.1, -0.05) is 49.4 Å². The molecular formula is C23H21ClN8. The van der Waals surface area contributed by atoms with E-state index in [0.29, 0.717) is 12.4 Å². The highest BCUT2D eigenvalue weighted by Gasteiger charge is 2.17. The lowest BCUT2D eigenvalue weighted by atomic mass is 9.97. The number of aromatic nitrogens is 8. The van der Waals surface area contributed by atoms with E-state index in [9.17, 15) is 0 Å². The van der Waals surface area contributed by atoms with Crippen molar-refractivity contribution in [1.82, 2.24) is 40.1 Å². The first-order chi connectivity index (χ1) is 15.6. The van der Waals surface area contributed by atoms with E-state index in [1.54, 1.807) is 0 Å². The van der Waals surface area contributed by atoms with Gasteiger partial charge in [-0.3, -0.25) is 0 Å². The molecule has 5 aromatic rings. The molecule has 1 N–H and O–H groups in total. The molecule has 0 spiro atoms. The van der Waals surface area contributed by atoms with Crippen molar-refractivity contribution in [3.8, 4) is 22.5 Å². The zero-order chi connectivity index (χ0) is 22.1. The first-order valence-electron chi connectivity index (χ1n) is 10.5. The highest BCUT2D eigenvalue weighted by atomic mass is 35.5. The lowest BCUT2D eigenvalue weighted by Crippen LogP contribution is -2.07. The Morgan fingerprint density at radius 3 is 2.59 bits per heavy atom. The van der Waals surface area contributed by atoms with E-state index in [4.69, 9.17) is 16.6 Å². The highest BCUT2D eigenvalue weighted by Crippen LogP contribution is 2.31. The van der Waals surface area contributed by atoms with Gasteiger partial charge in [0.15, 0.2) is 5.65 Å². The molecule has 0 radical (unpaired) electrons. The van der Waals surface area contributed by atoms with Gasteiger partial charge < -0.3 is 4.57 Å². The molecule has 8 nitrogen and oxygen atoms in total. The molecule has 3 aromatic heterocycles. The summed E-state index contributed by atoms with van der Waals surface area (Å²) in [5.74, 6) is 1.52. The average molecular weight is 445 g/mol. The molecule has 0 saturated carbocycles. The Balaban J connectivity index is 1.63. The predicted molar refractivity (Wildman–Crippen MR) is 123 cm³/mol. The molecule has 0 amide bonds. The number of benzene rings is 2. The van der Waals surface area contributed by atoms with Crippen molar-refractivity contribution < 1.29 is 0 Å². The third-order valence-electron chi connectivity index (χ3n) is 5.39. The minimum Gasteiger partial charge on any atom is -0.308 e. The second-order valence-electron chi connectivity index (χ2n) is 7.60. The van der Waals surface area contributed by atoms with Crippen LogP contribution >= 0.6 is 11.6 Å². The normalized spacial score (nSPS) is 11.3. The molecule has 9 heteroatoms. The van der Waals surface area contributed by atoms with Gasteiger partial charge in [-0.15, -0.1) is 10.2 Å². The molecule has 5 rings (SSSR count). The fraction of sp³-hybridized carbons (Fsp3) is 0.217. The molecular weight excluding hydrogens is 424 g/mol. The van der Waals surface area contributed by atoms with Crippen molar-refractivity contribution in [2.75, 3.05) is 0 Å². The lowest BCUT2D eigenvalue weighted by molar-refractivity contribution is 0.716. The van der Waals surface area contributed by atoms with E-state index >= 15 is 0 Å². The molecule has 0 atom stereocenters. The van der Waals surface area contributed by atoms with Crippen molar-refractivity contribution in [2.24, 2.45) is 0 Å². The third-order valence-corrected chi connectivity index (χ3v) is 5.56. The van der Waals surface area contributed by atoms with Gasteiger partial charge >= 0.3 is 0 Å². The van der Waals surface area contributed by atoms with Crippen LogP contribution in [0.25, 0.3) is 33.7 Å². The molecule has 0 fully saturated rings. The summed E-state index contributed by atoms with van der Waals surface area (Å²) in [7, 11) is 0. The first kappa shape index (κ1) is 20.3. The van der Waals surface area contributed by atoms with Crippen LogP contribution in [0.5, 0.6) is 0 Å². The molecule has 0 aliphatic carbocycles. The summed E-state index contributed by atoms with van der Waals surface area (Å²) in [5, 5.41) is 15.0. The number of hydrogen-bond acceptors (Lipinski definition) is 6. The van der Waals surface area contributed by atoms with Gasteiger partial charge in [-0.05, 0) is 52.9 Å². The fourth-order valence-electron chi connectivity index (χ4n) is 3.93. The number of nitrogens with one attached hydrogen (secondary N) is 1. The Kier molecular flexibility index (Phi) is 5.36. The number of imidazole rings is 1. The van der Waals surface area contributed by atoms with Gasteiger partial charge in [0, 0.05) is 12.0 Å². The zero-order valence-corrected chi connectivity index (χ0v) is 18.5. The minimum absolute atomic E-state index is 0.228. The van der Waals surface area contributed by atoms with Crippen LogP contribution < -0.4 is 0 Å². The molecule has 3 heterocycles.